The fourth-order valence-electron chi connectivity index (χ4n) is 1.29. The first-order valence-corrected chi connectivity index (χ1v) is 5.38. The van der Waals surface area contributed by atoms with E-state index in [1.807, 2.05) is 0 Å². The maximum absolute atomic E-state index is 12.8. The predicted octanol–water partition coefficient (Wildman–Crippen LogP) is 3.09. The number of halogens is 3. The van der Waals surface area contributed by atoms with Crippen LogP contribution in [-0.2, 0) is 0 Å². The lowest BCUT2D eigenvalue weighted by molar-refractivity contribution is 0.628. The standard InChI is InChI=1S/C10H7Cl2FN4/c1-17(7-4-2-6(13)3-5-7)9-8(11)15-16-10(12)14-9/h2-5H,1H3. The fraction of sp³-hybridized carbons (Fsp3) is 0.100. The van der Waals surface area contributed by atoms with Crippen molar-refractivity contribution in [2.24, 2.45) is 0 Å². The molecule has 0 bridgehead atoms. The summed E-state index contributed by atoms with van der Waals surface area (Å²) in [5.74, 6) is 0.0466. The second-order valence-electron chi connectivity index (χ2n) is 3.23. The van der Waals surface area contributed by atoms with Crippen LogP contribution < -0.4 is 4.90 Å². The summed E-state index contributed by atoms with van der Waals surface area (Å²) in [5, 5.41) is 7.29. The Kier molecular flexibility index (Phi) is 3.40. The molecule has 1 heterocycles. The van der Waals surface area contributed by atoms with E-state index in [-0.39, 0.29) is 16.3 Å². The van der Waals surface area contributed by atoms with Crippen molar-refractivity contribution < 1.29 is 4.39 Å². The van der Waals surface area contributed by atoms with Crippen molar-refractivity contribution in [1.82, 2.24) is 15.2 Å². The van der Waals surface area contributed by atoms with Crippen molar-refractivity contribution in [2.45, 2.75) is 0 Å². The first-order chi connectivity index (χ1) is 8.08. The number of hydrogen-bond donors (Lipinski definition) is 0. The molecule has 0 N–H and O–H groups in total. The Morgan fingerprint density at radius 3 is 2.41 bits per heavy atom. The van der Waals surface area contributed by atoms with Crippen molar-refractivity contribution in [3.05, 3.63) is 40.5 Å². The van der Waals surface area contributed by atoms with Gasteiger partial charge in [0.2, 0.25) is 5.28 Å². The smallest absolute Gasteiger partial charge is 0.245 e. The number of anilines is 2. The largest absolute Gasteiger partial charge is 0.327 e. The van der Waals surface area contributed by atoms with Crippen LogP contribution in [0.25, 0.3) is 0 Å². The van der Waals surface area contributed by atoms with Crippen LogP contribution in [0.3, 0.4) is 0 Å². The van der Waals surface area contributed by atoms with Gasteiger partial charge in [-0.05, 0) is 35.9 Å². The summed E-state index contributed by atoms with van der Waals surface area (Å²) in [6, 6.07) is 5.88. The number of hydrogen-bond acceptors (Lipinski definition) is 4. The van der Waals surface area contributed by atoms with Gasteiger partial charge in [-0.2, -0.15) is 4.98 Å². The highest BCUT2D eigenvalue weighted by molar-refractivity contribution is 6.32. The minimum atomic E-state index is -0.313. The minimum absolute atomic E-state index is 0.00152. The Morgan fingerprint density at radius 1 is 1.12 bits per heavy atom. The zero-order valence-corrected chi connectivity index (χ0v) is 10.2. The molecule has 0 aliphatic heterocycles. The van der Waals surface area contributed by atoms with Crippen LogP contribution >= 0.6 is 23.2 Å². The highest BCUT2D eigenvalue weighted by atomic mass is 35.5. The molecular weight excluding hydrogens is 266 g/mol. The molecule has 1 aromatic carbocycles. The van der Waals surface area contributed by atoms with Crippen LogP contribution in [0.2, 0.25) is 10.4 Å². The fourth-order valence-corrected chi connectivity index (χ4v) is 1.61. The number of rotatable bonds is 2. The van der Waals surface area contributed by atoms with Gasteiger partial charge < -0.3 is 4.90 Å². The summed E-state index contributed by atoms with van der Waals surface area (Å²) in [4.78, 5) is 5.60. The van der Waals surface area contributed by atoms with Gasteiger partial charge >= 0.3 is 0 Å². The molecule has 2 aromatic rings. The van der Waals surface area contributed by atoms with E-state index in [9.17, 15) is 4.39 Å². The van der Waals surface area contributed by atoms with E-state index in [4.69, 9.17) is 23.2 Å². The first kappa shape index (κ1) is 12.0. The maximum atomic E-state index is 12.8. The molecule has 1 aromatic heterocycles. The molecule has 0 fully saturated rings. The van der Waals surface area contributed by atoms with Crippen LogP contribution in [0.5, 0.6) is 0 Å². The highest BCUT2D eigenvalue weighted by Gasteiger charge is 2.12. The van der Waals surface area contributed by atoms with Gasteiger partial charge in [0.25, 0.3) is 0 Å². The molecule has 0 spiro atoms. The third-order valence-corrected chi connectivity index (χ3v) is 2.54. The van der Waals surface area contributed by atoms with Crippen LogP contribution in [-0.4, -0.2) is 22.2 Å². The Bertz CT molecular complexity index is 532. The average Bonchev–Trinajstić information content (AvgIpc) is 2.32. The summed E-state index contributed by atoms with van der Waals surface area (Å²) in [7, 11) is 1.72. The Labute approximate surface area is 107 Å². The third-order valence-electron chi connectivity index (χ3n) is 2.13. The highest BCUT2D eigenvalue weighted by Crippen LogP contribution is 2.27. The molecule has 17 heavy (non-hydrogen) atoms. The van der Waals surface area contributed by atoms with Crippen molar-refractivity contribution >= 4 is 34.7 Å². The van der Waals surface area contributed by atoms with Gasteiger partial charge in [-0.15, -0.1) is 10.2 Å². The van der Waals surface area contributed by atoms with E-state index >= 15 is 0 Å². The van der Waals surface area contributed by atoms with Gasteiger partial charge in [0.15, 0.2) is 11.0 Å². The number of benzene rings is 1. The lowest BCUT2D eigenvalue weighted by Gasteiger charge is -2.18. The Balaban J connectivity index is 2.39. The molecule has 4 nitrogen and oxygen atoms in total. The molecule has 0 radical (unpaired) electrons. The van der Waals surface area contributed by atoms with E-state index in [0.717, 1.165) is 0 Å². The van der Waals surface area contributed by atoms with Crippen LogP contribution in [0, 0.1) is 5.82 Å². The summed E-state index contributed by atoms with van der Waals surface area (Å²) < 4.78 is 12.8. The van der Waals surface area contributed by atoms with E-state index in [1.54, 1.807) is 24.1 Å². The van der Waals surface area contributed by atoms with E-state index in [1.165, 1.54) is 12.1 Å². The number of aromatic nitrogens is 3. The SMILES string of the molecule is CN(c1ccc(F)cc1)c1nc(Cl)nnc1Cl. The van der Waals surface area contributed by atoms with Gasteiger partial charge in [-0.25, -0.2) is 4.39 Å². The second kappa shape index (κ2) is 4.81. The normalized spacial score (nSPS) is 10.4. The van der Waals surface area contributed by atoms with Crippen molar-refractivity contribution in [2.75, 3.05) is 11.9 Å². The molecule has 88 valence electrons. The monoisotopic (exact) mass is 272 g/mol. The van der Waals surface area contributed by atoms with E-state index < -0.39 is 0 Å². The zero-order chi connectivity index (χ0) is 12.4. The molecular formula is C10H7Cl2FN4. The molecule has 2 rings (SSSR count). The van der Waals surface area contributed by atoms with Gasteiger partial charge in [-0.3, -0.25) is 0 Å². The summed E-state index contributed by atoms with van der Waals surface area (Å²) in [6.45, 7) is 0. The topological polar surface area (TPSA) is 41.9 Å². The first-order valence-electron chi connectivity index (χ1n) is 4.63. The van der Waals surface area contributed by atoms with Crippen molar-refractivity contribution in [3.63, 3.8) is 0 Å². The summed E-state index contributed by atoms with van der Waals surface area (Å²) >= 11 is 11.5. The molecule has 0 aliphatic rings. The molecule has 0 atom stereocenters. The van der Waals surface area contributed by atoms with Crippen LogP contribution in [0.15, 0.2) is 24.3 Å². The zero-order valence-electron chi connectivity index (χ0n) is 8.73. The van der Waals surface area contributed by atoms with Crippen molar-refractivity contribution in [3.8, 4) is 0 Å². The Morgan fingerprint density at radius 2 is 1.76 bits per heavy atom. The lowest BCUT2D eigenvalue weighted by Crippen LogP contribution is -2.13. The van der Waals surface area contributed by atoms with Gasteiger partial charge in [0.05, 0.1) is 0 Å². The number of nitrogens with zero attached hydrogens (tertiary/aromatic N) is 4. The molecule has 0 aliphatic carbocycles. The van der Waals surface area contributed by atoms with Gasteiger partial charge in [-0.1, -0.05) is 11.6 Å². The minimum Gasteiger partial charge on any atom is -0.327 e. The quantitative estimate of drug-likeness (QED) is 0.843. The molecule has 0 saturated heterocycles. The van der Waals surface area contributed by atoms with Crippen LogP contribution in [0.4, 0.5) is 15.9 Å². The molecule has 7 heteroatoms. The molecule has 0 unspecified atom stereocenters. The van der Waals surface area contributed by atoms with Crippen molar-refractivity contribution in [1.29, 1.82) is 0 Å². The van der Waals surface area contributed by atoms with Crippen LogP contribution in [0.1, 0.15) is 0 Å². The van der Waals surface area contributed by atoms with Gasteiger partial charge in [0.1, 0.15) is 5.82 Å². The van der Waals surface area contributed by atoms with Gasteiger partial charge in [0, 0.05) is 12.7 Å². The second-order valence-corrected chi connectivity index (χ2v) is 3.93. The molecule has 0 amide bonds. The predicted molar refractivity (Wildman–Crippen MR) is 64.3 cm³/mol. The average molecular weight is 273 g/mol. The lowest BCUT2D eigenvalue weighted by atomic mass is 10.3. The third kappa shape index (κ3) is 2.62. The maximum Gasteiger partial charge on any atom is 0.245 e. The van der Waals surface area contributed by atoms with E-state index in [0.29, 0.717) is 11.5 Å². The summed E-state index contributed by atoms with van der Waals surface area (Å²) in [6.07, 6.45) is 0. The van der Waals surface area contributed by atoms with E-state index in [2.05, 4.69) is 15.2 Å². The molecule has 0 saturated carbocycles. The summed E-state index contributed by atoms with van der Waals surface area (Å²) in [5.41, 5.74) is 0.713. The Hall–Kier alpha value is -1.46.